The van der Waals surface area contributed by atoms with Crippen molar-refractivity contribution in [2.75, 3.05) is 12.3 Å². The number of rotatable bonds is 3. The highest BCUT2D eigenvalue weighted by atomic mass is 35.5. The van der Waals surface area contributed by atoms with Gasteiger partial charge in [0.15, 0.2) is 6.29 Å². The second-order valence-corrected chi connectivity index (χ2v) is 3.72. The van der Waals surface area contributed by atoms with Crippen molar-refractivity contribution in [3.8, 4) is 0 Å². The van der Waals surface area contributed by atoms with Crippen LogP contribution in [0.1, 0.15) is 18.8 Å². The Kier molecular flexibility index (Phi) is 3.00. The Bertz CT molecular complexity index is 512. The third-order valence-electron chi connectivity index (χ3n) is 2.26. The van der Waals surface area contributed by atoms with Crippen LogP contribution in [0, 0.1) is 0 Å². The van der Waals surface area contributed by atoms with Gasteiger partial charge in [0.2, 0.25) is 0 Å². The Morgan fingerprint density at radius 2 is 2.44 bits per heavy atom. The molecule has 1 unspecified atom stereocenters. The second-order valence-electron chi connectivity index (χ2n) is 3.31. The molecule has 0 aliphatic carbocycles. The van der Waals surface area contributed by atoms with E-state index in [0.717, 1.165) is 0 Å². The molecule has 0 amide bonds. The topological polar surface area (TPSA) is 72.8 Å². The molecule has 3 N–H and O–H groups in total. The van der Waals surface area contributed by atoms with Gasteiger partial charge in [0, 0.05) is 12.8 Å². The average molecular weight is 242 g/mol. The van der Waals surface area contributed by atoms with Crippen molar-refractivity contribution < 1.29 is 9.84 Å². The number of nitrogen functional groups attached to an aromatic ring is 1. The minimum atomic E-state index is -0.997. The maximum Gasteiger partial charge on any atom is 0.184 e. The van der Waals surface area contributed by atoms with Crippen molar-refractivity contribution in [3.63, 3.8) is 0 Å². The summed E-state index contributed by atoms with van der Waals surface area (Å²) in [7, 11) is 0. The van der Waals surface area contributed by atoms with Gasteiger partial charge in [0.25, 0.3) is 0 Å². The number of hydrogen-bond donors (Lipinski definition) is 2. The van der Waals surface area contributed by atoms with Crippen LogP contribution in [0.5, 0.6) is 0 Å². The Balaban J connectivity index is 2.51. The third-order valence-corrected chi connectivity index (χ3v) is 2.57. The number of halogens is 1. The van der Waals surface area contributed by atoms with E-state index in [9.17, 15) is 5.11 Å². The van der Waals surface area contributed by atoms with Crippen molar-refractivity contribution >= 4 is 22.8 Å². The van der Waals surface area contributed by atoms with Crippen LogP contribution in [-0.4, -0.2) is 21.3 Å². The molecule has 0 aliphatic rings. The molecule has 2 rings (SSSR count). The summed E-state index contributed by atoms with van der Waals surface area (Å²) in [6.07, 6.45) is 2.13. The van der Waals surface area contributed by atoms with E-state index in [4.69, 9.17) is 22.1 Å². The van der Waals surface area contributed by atoms with Crippen molar-refractivity contribution in [3.05, 3.63) is 29.0 Å². The van der Waals surface area contributed by atoms with Crippen molar-refractivity contribution in [1.29, 1.82) is 0 Å². The van der Waals surface area contributed by atoms with Crippen LogP contribution in [0.15, 0.2) is 18.5 Å². The van der Waals surface area contributed by atoms with Crippen LogP contribution >= 0.6 is 11.6 Å². The fourth-order valence-electron chi connectivity index (χ4n) is 1.47. The number of nitrogens with zero attached hydrogens (tertiary/aromatic N) is 2. The van der Waals surface area contributed by atoms with Crippen LogP contribution in [0.4, 0.5) is 5.69 Å². The molecular weight excluding hydrogens is 230 g/mol. The molecule has 1 atom stereocenters. The molecule has 0 aromatic carbocycles. The number of aliphatic hydroxyl groups excluding tert-OH is 1. The van der Waals surface area contributed by atoms with Gasteiger partial charge < -0.3 is 15.6 Å². The molecule has 0 aliphatic heterocycles. The van der Waals surface area contributed by atoms with Crippen LogP contribution in [0.2, 0.25) is 5.02 Å². The van der Waals surface area contributed by atoms with Gasteiger partial charge in [-0.3, -0.25) is 0 Å². The van der Waals surface area contributed by atoms with Crippen LogP contribution in [-0.2, 0) is 4.74 Å². The summed E-state index contributed by atoms with van der Waals surface area (Å²) in [5, 5.41) is 14.2. The van der Waals surface area contributed by atoms with E-state index in [1.807, 2.05) is 0 Å². The predicted octanol–water partition coefficient (Wildman–Crippen LogP) is 1.60. The molecule has 0 fully saturated rings. The summed E-state index contributed by atoms with van der Waals surface area (Å²) >= 11 is 5.86. The molecule has 2 aromatic rings. The van der Waals surface area contributed by atoms with E-state index >= 15 is 0 Å². The Labute approximate surface area is 97.4 Å². The van der Waals surface area contributed by atoms with E-state index in [-0.39, 0.29) is 0 Å². The predicted molar refractivity (Wildman–Crippen MR) is 61.2 cm³/mol. The molecule has 0 saturated carbocycles. The first-order valence-electron chi connectivity index (χ1n) is 4.85. The zero-order valence-corrected chi connectivity index (χ0v) is 9.48. The summed E-state index contributed by atoms with van der Waals surface area (Å²) in [5.41, 5.74) is 7.39. The SMILES string of the molecule is CCOC(O)c1cnn2cc(Cl)c(N)cc12. The maximum absolute atomic E-state index is 9.72. The molecule has 5 nitrogen and oxygen atoms in total. The number of ether oxygens (including phenoxy) is 1. The average Bonchev–Trinajstić information content (AvgIpc) is 2.62. The summed E-state index contributed by atoms with van der Waals surface area (Å²) in [6.45, 7) is 2.22. The Morgan fingerprint density at radius 3 is 3.12 bits per heavy atom. The molecule has 86 valence electrons. The number of anilines is 1. The first-order chi connectivity index (χ1) is 7.63. The monoisotopic (exact) mass is 241 g/mol. The van der Waals surface area contributed by atoms with E-state index in [1.54, 1.807) is 23.7 Å². The molecular formula is C10H12ClN3O2. The standard InChI is InChI=1S/C10H12ClN3O2/c1-2-16-10(15)6-4-13-14-5-7(11)8(12)3-9(6)14/h3-5,10,15H,2,12H2,1H3. The quantitative estimate of drug-likeness (QED) is 0.801. The van der Waals surface area contributed by atoms with E-state index in [0.29, 0.717) is 28.4 Å². The summed E-state index contributed by atoms with van der Waals surface area (Å²) in [4.78, 5) is 0. The lowest BCUT2D eigenvalue weighted by atomic mass is 10.2. The van der Waals surface area contributed by atoms with Crippen LogP contribution in [0.3, 0.4) is 0 Å². The molecule has 2 heterocycles. The number of aromatic nitrogens is 2. The van der Waals surface area contributed by atoms with Crippen LogP contribution < -0.4 is 5.73 Å². The van der Waals surface area contributed by atoms with Crippen LogP contribution in [0.25, 0.3) is 5.52 Å². The first-order valence-corrected chi connectivity index (χ1v) is 5.23. The van der Waals surface area contributed by atoms with Gasteiger partial charge in [-0.1, -0.05) is 11.6 Å². The maximum atomic E-state index is 9.72. The summed E-state index contributed by atoms with van der Waals surface area (Å²) < 4.78 is 6.64. The summed E-state index contributed by atoms with van der Waals surface area (Å²) in [5.74, 6) is 0. The molecule has 16 heavy (non-hydrogen) atoms. The normalized spacial score (nSPS) is 13.2. The molecule has 6 heteroatoms. The second kappa shape index (κ2) is 4.29. The Hall–Kier alpha value is -1.30. The number of hydrogen-bond acceptors (Lipinski definition) is 4. The zero-order valence-electron chi connectivity index (χ0n) is 8.72. The fraction of sp³-hybridized carbons (Fsp3) is 0.300. The molecule has 0 saturated heterocycles. The van der Waals surface area contributed by atoms with E-state index in [2.05, 4.69) is 5.10 Å². The van der Waals surface area contributed by atoms with Gasteiger partial charge in [-0.25, -0.2) is 4.52 Å². The zero-order chi connectivity index (χ0) is 11.7. The number of pyridine rings is 1. The van der Waals surface area contributed by atoms with Gasteiger partial charge in [0.1, 0.15) is 0 Å². The van der Waals surface area contributed by atoms with Gasteiger partial charge in [-0.15, -0.1) is 0 Å². The van der Waals surface area contributed by atoms with E-state index in [1.165, 1.54) is 6.20 Å². The van der Waals surface area contributed by atoms with Gasteiger partial charge in [0.05, 0.1) is 28.0 Å². The third kappa shape index (κ3) is 1.84. The van der Waals surface area contributed by atoms with Gasteiger partial charge in [-0.2, -0.15) is 5.10 Å². The largest absolute Gasteiger partial charge is 0.397 e. The molecule has 0 spiro atoms. The lowest BCUT2D eigenvalue weighted by Crippen LogP contribution is -2.02. The van der Waals surface area contributed by atoms with Crippen molar-refractivity contribution in [2.45, 2.75) is 13.2 Å². The summed E-state index contributed by atoms with van der Waals surface area (Å²) in [6, 6.07) is 1.66. The minimum absolute atomic E-state index is 0.418. The number of aliphatic hydroxyl groups is 1. The van der Waals surface area contributed by atoms with Crippen molar-refractivity contribution in [2.24, 2.45) is 0 Å². The van der Waals surface area contributed by atoms with E-state index < -0.39 is 6.29 Å². The highest BCUT2D eigenvalue weighted by Crippen LogP contribution is 2.25. The lowest BCUT2D eigenvalue weighted by Gasteiger charge is -2.09. The Morgan fingerprint density at radius 1 is 1.69 bits per heavy atom. The highest BCUT2D eigenvalue weighted by molar-refractivity contribution is 6.33. The molecule has 0 radical (unpaired) electrons. The number of nitrogens with two attached hydrogens (primary N) is 1. The van der Waals surface area contributed by atoms with Gasteiger partial charge in [-0.05, 0) is 13.0 Å². The molecule has 2 aromatic heterocycles. The number of fused-ring (bicyclic) bond motifs is 1. The first kappa shape index (κ1) is 11.2. The minimum Gasteiger partial charge on any atom is -0.397 e. The lowest BCUT2D eigenvalue weighted by molar-refractivity contribution is -0.0970. The highest BCUT2D eigenvalue weighted by Gasteiger charge is 2.14. The molecule has 0 bridgehead atoms. The fourth-order valence-corrected chi connectivity index (χ4v) is 1.62. The smallest absolute Gasteiger partial charge is 0.184 e. The van der Waals surface area contributed by atoms with Gasteiger partial charge >= 0.3 is 0 Å². The van der Waals surface area contributed by atoms with Crippen molar-refractivity contribution in [1.82, 2.24) is 9.61 Å².